The molecule has 0 aliphatic heterocycles. The summed E-state index contributed by atoms with van der Waals surface area (Å²) >= 11 is 0. The molecule has 4 rings (SSSR count). The van der Waals surface area contributed by atoms with Crippen LogP contribution in [0.15, 0.2) is 5.16 Å². The van der Waals surface area contributed by atoms with Crippen molar-refractivity contribution < 1.29 is 20.5 Å². The lowest BCUT2D eigenvalue weighted by molar-refractivity contribution is -0.235. The minimum Gasteiger partial charge on any atom is -0.409 e. The molecule has 5 unspecified atom stereocenters. The van der Waals surface area contributed by atoms with E-state index in [-0.39, 0.29) is 52.4 Å². The maximum absolute atomic E-state index is 11.7. The van der Waals surface area contributed by atoms with E-state index in [2.05, 4.69) is 32.9 Å². The van der Waals surface area contributed by atoms with Crippen LogP contribution in [0.1, 0.15) is 79.1 Å². The number of amidine groups is 1. The Morgan fingerprint density at radius 2 is 1.81 bits per heavy atom. The average Bonchev–Trinajstić information content (AvgIpc) is 3.05. The molecule has 0 aromatic rings. The average molecular weight is 437 g/mol. The molecule has 6 heteroatoms. The van der Waals surface area contributed by atoms with E-state index in [1.165, 1.54) is 0 Å². The Labute approximate surface area is 187 Å². The first-order chi connectivity index (χ1) is 14.6. The van der Waals surface area contributed by atoms with E-state index in [4.69, 9.17) is 10.9 Å². The van der Waals surface area contributed by atoms with Gasteiger partial charge in [-0.15, -0.1) is 0 Å². The topological polar surface area (TPSA) is 119 Å². The molecule has 4 aliphatic rings. The molecule has 4 aliphatic carbocycles. The van der Waals surface area contributed by atoms with Crippen LogP contribution in [0.2, 0.25) is 0 Å². The van der Waals surface area contributed by atoms with Gasteiger partial charge in [-0.25, -0.2) is 0 Å². The number of aliphatic hydroxyl groups is 3. The van der Waals surface area contributed by atoms with Gasteiger partial charge in [0.1, 0.15) is 5.84 Å². The summed E-state index contributed by atoms with van der Waals surface area (Å²) in [5.74, 6) is 1.97. The zero-order valence-corrected chi connectivity index (χ0v) is 19.7. The number of rotatable bonds is 4. The van der Waals surface area contributed by atoms with E-state index < -0.39 is 12.2 Å². The van der Waals surface area contributed by atoms with E-state index in [0.717, 1.165) is 44.9 Å². The third kappa shape index (κ3) is 3.43. The van der Waals surface area contributed by atoms with Gasteiger partial charge in [0.05, 0.1) is 18.3 Å². The quantitative estimate of drug-likeness (QED) is 0.200. The Bertz CT molecular complexity index is 701. The number of fused-ring (bicyclic) bond motifs is 5. The molecule has 6 N–H and O–H groups in total. The largest absolute Gasteiger partial charge is 0.409 e. The van der Waals surface area contributed by atoms with Crippen molar-refractivity contribution in [2.75, 3.05) is 0 Å². The second-order valence-electron chi connectivity index (χ2n) is 12.0. The molecule has 0 amide bonds. The molecule has 0 aromatic carbocycles. The molecule has 0 radical (unpaired) electrons. The van der Waals surface area contributed by atoms with Gasteiger partial charge >= 0.3 is 0 Å². The van der Waals surface area contributed by atoms with Gasteiger partial charge in [0.25, 0.3) is 0 Å². The third-order valence-corrected chi connectivity index (χ3v) is 10.7. The Kier molecular flexibility index (Phi) is 6.15. The van der Waals surface area contributed by atoms with Crippen molar-refractivity contribution in [1.82, 2.24) is 0 Å². The van der Waals surface area contributed by atoms with Gasteiger partial charge in [0, 0.05) is 6.42 Å². The van der Waals surface area contributed by atoms with E-state index in [9.17, 15) is 15.3 Å². The summed E-state index contributed by atoms with van der Waals surface area (Å²) in [6.45, 7) is 9.02. The standard InChI is InChI=1S/C25H44N2O4/c1-5-15-18-11-14(28)8-9-24(18,3)22-19(29)12-25(4)16(13(2)10-20(26)27-31)6-7-17(25)21(22)23(15)30/h13-19,21-23,28-31H,5-12H2,1-4H3,(H2,26,27)/t13-,14-,15-,16-,17?,18?,19+,21?,22?,23-,24?,25-/m1/s1. The molecule has 0 heterocycles. The summed E-state index contributed by atoms with van der Waals surface area (Å²) < 4.78 is 0. The van der Waals surface area contributed by atoms with Gasteiger partial charge in [-0.3, -0.25) is 0 Å². The van der Waals surface area contributed by atoms with E-state index >= 15 is 0 Å². The SMILES string of the molecule is CC[C@@H]1C2C[C@H](O)CCC2(C)C2C(C3CC[C@H]([C@H](C)CC(N)=NO)[C@@]3(C)C[C@@H]2O)[C@@H]1O. The first kappa shape index (κ1) is 23.3. The number of hydrogen-bond acceptors (Lipinski definition) is 5. The number of hydrogen-bond donors (Lipinski definition) is 5. The lowest BCUT2D eigenvalue weighted by Gasteiger charge is -2.66. The molecular weight excluding hydrogens is 392 g/mol. The van der Waals surface area contributed by atoms with Crippen LogP contribution in [-0.4, -0.2) is 44.7 Å². The zero-order chi connectivity index (χ0) is 22.7. The second-order valence-corrected chi connectivity index (χ2v) is 12.0. The Morgan fingerprint density at radius 3 is 2.45 bits per heavy atom. The van der Waals surface area contributed by atoms with Crippen molar-refractivity contribution in [3.8, 4) is 0 Å². The first-order valence-electron chi connectivity index (χ1n) is 12.6. The molecule has 12 atom stereocenters. The molecule has 0 spiro atoms. The van der Waals surface area contributed by atoms with Crippen LogP contribution < -0.4 is 5.73 Å². The summed E-state index contributed by atoms with van der Waals surface area (Å²) in [5, 5.41) is 46.0. The highest BCUT2D eigenvalue weighted by atomic mass is 16.4. The third-order valence-electron chi connectivity index (χ3n) is 10.7. The molecule has 0 bridgehead atoms. The molecule has 0 saturated heterocycles. The van der Waals surface area contributed by atoms with Gasteiger partial charge in [-0.1, -0.05) is 39.3 Å². The molecular formula is C25H44N2O4. The van der Waals surface area contributed by atoms with Crippen LogP contribution >= 0.6 is 0 Å². The van der Waals surface area contributed by atoms with Crippen molar-refractivity contribution in [2.45, 2.75) is 97.4 Å². The molecule has 4 saturated carbocycles. The molecule has 4 fully saturated rings. The summed E-state index contributed by atoms with van der Waals surface area (Å²) in [6.07, 6.45) is 5.74. The van der Waals surface area contributed by atoms with Gasteiger partial charge in [0.2, 0.25) is 0 Å². The smallest absolute Gasteiger partial charge is 0.139 e. The Balaban J connectivity index is 1.69. The lowest BCUT2D eigenvalue weighted by Crippen LogP contribution is -2.65. The van der Waals surface area contributed by atoms with Crippen molar-refractivity contribution in [3.63, 3.8) is 0 Å². The minimum absolute atomic E-state index is 0.0256. The van der Waals surface area contributed by atoms with Crippen molar-refractivity contribution in [2.24, 2.45) is 63.1 Å². The van der Waals surface area contributed by atoms with Gasteiger partial charge in [-0.2, -0.15) is 0 Å². The van der Waals surface area contributed by atoms with Crippen LogP contribution in [0.4, 0.5) is 0 Å². The summed E-state index contributed by atoms with van der Waals surface area (Å²) in [7, 11) is 0. The van der Waals surface area contributed by atoms with Gasteiger partial charge in [-0.05, 0) is 90.8 Å². The van der Waals surface area contributed by atoms with E-state index in [0.29, 0.717) is 18.3 Å². The summed E-state index contributed by atoms with van der Waals surface area (Å²) in [4.78, 5) is 0. The minimum atomic E-state index is -0.432. The fourth-order valence-corrected chi connectivity index (χ4v) is 9.56. The van der Waals surface area contributed by atoms with E-state index in [1.807, 2.05) is 0 Å². The van der Waals surface area contributed by atoms with Crippen LogP contribution in [0.5, 0.6) is 0 Å². The van der Waals surface area contributed by atoms with Crippen molar-refractivity contribution >= 4 is 5.84 Å². The second kappa shape index (κ2) is 8.18. The molecule has 178 valence electrons. The maximum Gasteiger partial charge on any atom is 0.139 e. The number of nitrogens with zero attached hydrogens (tertiary/aromatic N) is 1. The van der Waals surface area contributed by atoms with Gasteiger partial charge in [0.15, 0.2) is 0 Å². The molecule has 6 nitrogen and oxygen atoms in total. The Morgan fingerprint density at radius 1 is 1.10 bits per heavy atom. The predicted octanol–water partition coefficient (Wildman–Crippen LogP) is 3.36. The van der Waals surface area contributed by atoms with Crippen LogP contribution in [-0.2, 0) is 0 Å². The predicted molar refractivity (Wildman–Crippen MR) is 120 cm³/mol. The maximum atomic E-state index is 11.7. The van der Waals surface area contributed by atoms with Crippen LogP contribution in [0, 0.1) is 52.3 Å². The monoisotopic (exact) mass is 436 g/mol. The zero-order valence-electron chi connectivity index (χ0n) is 19.7. The number of nitrogens with two attached hydrogens (primary N) is 1. The first-order valence-corrected chi connectivity index (χ1v) is 12.6. The Hall–Kier alpha value is -0.850. The fourth-order valence-electron chi connectivity index (χ4n) is 9.56. The van der Waals surface area contributed by atoms with Crippen LogP contribution in [0.3, 0.4) is 0 Å². The highest BCUT2D eigenvalue weighted by Crippen LogP contribution is 2.69. The van der Waals surface area contributed by atoms with Crippen molar-refractivity contribution in [3.05, 3.63) is 0 Å². The highest BCUT2D eigenvalue weighted by Gasteiger charge is 2.67. The molecule has 31 heavy (non-hydrogen) atoms. The van der Waals surface area contributed by atoms with Crippen molar-refractivity contribution in [1.29, 1.82) is 0 Å². The summed E-state index contributed by atoms with van der Waals surface area (Å²) in [6, 6.07) is 0. The summed E-state index contributed by atoms with van der Waals surface area (Å²) in [5.41, 5.74) is 5.76. The lowest BCUT2D eigenvalue weighted by atomic mass is 9.40. The van der Waals surface area contributed by atoms with E-state index in [1.54, 1.807) is 0 Å². The number of aliphatic hydroxyl groups excluding tert-OH is 3. The van der Waals surface area contributed by atoms with Gasteiger partial charge < -0.3 is 26.3 Å². The normalized spacial score (nSPS) is 53.4. The fraction of sp³-hybridized carbons (Fsp3) is 0.960. The number of oxime groups is 1. The van der Waals surface area contributed by atoms with Crippen LogP contribution in [0.25, 0.3) is 0 Å². The highest BCUT2D eigenvalue weighted by molar-refractivity contribution is 5.79. The molecule has 0 aromatic heterocycles.